The first kappa shape index (κ1) is 17.1. The summed E-state index contributed by atoms with van der Waals surface area (Å²) < 4.78 is 18.6. The van der Waals surface area contributed by atoms with Crippen molar-refractivity contribution >= 4 is 28.6 Å². The number of amides is 2. The molecule has 2 aromatic rings. The highest BCUT2D eigenvalue weighted by Gasteiger charge is 2.31. The monoisotopic (exact) mass is 359 g/mol. The molecule has 1 aliphatic heterocycles. The summed E-state index contributed by atoms with van der Waals surface area (Å²) in [7, 11) is 0. The summed E-state index contributed by atoms with van der Waals surface area (Å²) in [5, 5.41) is 9.40. The molecule has 0 saturated carbocycles. The van der Waals surface area contributed by atoms with Crippen molar-refractivity contribution in [2.75, 3.05) is 6.61 Å². The van der Waals surface area contributed by atoms with Crippen molar-refractivity contribution in [3.05, 3.63) is 59.7 Å². The van der Waals surface area contributed by atoms with Crippen molar-refractivity contribution in [2.45, 2.75) is 11.7 Å². The second-order valence-electron chi connectivity index (χ2n) is 5.36. The van der Waals surface area contributed by atoms with Crippen LogP contribution in [0.2, 0.25) is 0 Å². The molecule has 3 rings (SSSR count). The lowest BCUT2D eigenvalue weighted by Crippen LogP contribution is -2.25. The molecule has 2 heterocycles. The molecule has 1 aliphatic rings. The second kappa shape index (κ2) is 7.43. The van der Waals surface area contributed by atoms with Gasteiger partial charge in [-0.25, -0.2) is 4.39 Å². The zero-order chi connectivity index (χ0) is 17.8. The van der Waals surface area contributed by atoms with E-state index in [0.717, 1.165) is 17.3 Å². The second-order valence-corrected chi connectivity index (χ2v) is 6.53. The van der Waals surface area contributed by atoms with E-state index in [-0.39, 0.29) is 29.2 Å². The van der Waals surface area contributed by atoms with E-state index in [1.807, 2.05) is 0 Å². The molecule has 1 unspecified atom stereocenters. The maximum absolute atomic E-state index is 13.1. The van der Waals surface area contributed by atoms with E-state index < -0.39 is 11.1 Å². The number of carbonyl (C=O) groups excluding carboxylic acids is 2. The first-order valence-electron chi connectivity index (χ1n) is 7.44. The average Bonchev–Trinajstić information content (AvgIpc) is 2.91. The summed E-state index contributed by atoms with van der Waals surface area (Å²) in [6.07, 6.45) is 1.75. The van der Waals surface area contributed by atoms with Crippen LogP contribution in [0.4, 0.5) is 9.18 Å². The topological polar surface area (TPSA) is 92.1 Å². The number of rotatable bonds is 6. The molecule has 1 aromatic heterocycles. The number of aromatic nitrogens is 1. The van der Waals surface area contributed by atoms with Gasteiger partial charge in [0.05, 0.1) is 16.7 Å². The number of nitrogens with zero attached hydrogens (tertiary/aromatic N) is 1. The number of carbonyl (C=O) groups is 2. The Hall–Kier alpha value is -2.74. The van der Waals surface area contributed by atoms with E-state index in [2.05, 4.69) is 10.3 Å². The summed E-state index contributed by atoms with van der Waals surface area (Å²) in [6.45, 7) is -0.0365. The highest BCUT2D eigenvalue weighted by molar-refractivity contribution is 8.15. The summed E-state index contributed by atoms with van der Waals surface area (Å²) in [4.78, 5) is 26.6. The van der Waals surface area contributed by atoms with Gasteiger partial charge >= 0.3 is 0 Å². The van der Waals surface area contributed by atoms with Crippen LogP contribution >= 0.6 is 11.8 Å². The summed E-state index contributed by atoms with van der Waals surface area (Å²) >= 11 is 0.989. The third-order valence-electron chi connectivity index (χ3n) is 3.53. The van der Waals surface area contributed by atoms with Gasteiger partial charge < -0.3 is 4.74 Å². The van der Waals surface area contributed by atoms with Crippen molar-refractivity contribution in [1.82, 2.24) is 10.3 Å². The van der Waals surface area contributed by atoms with Gasteiger partial charge in [-0.2, -0.15) is 0 Å². The van der Waals surface area contributed by atoms with Gasteiger partial charge in [0.15, 0.2) is 0 Å². The minimum Gasteiger partial charge on any atom is -0.487 e. The SMILES string of the molecule is N=C(COc1ccc(CC2SC(=O)NC2=O)cc1)c1cc(F)ccn1. The molecular formula is C17H14FN3O3S. The maximum atomic E-state index is 13.1. The molecule has 0 bridgehead atoms. The lowest BCUT2D eigenvalue weighted by Gasteiger charge is -2.09. The van der Waals surface area contributed by atoms with Crippen molar-refractivity contribution in [1.29, 1.82) is 5.41 Å². The molecule has 1 atom stereocenters. The number of thioether (sulfide) groups is 1. The molecule has 25 heavy (non-hydrogen) atoms. The van der Waals surface area contributed by atoms with Gasteiger partial charge in [-0.1, -0.05) is 23.9 Å². The van der Waals surface area contributed by atoms with Gasteiger partial charge in [0.2, 0.25) is 5.91 Å². The van der Waals surface area contributed by atoms with Gasteiger partial charge in [-0.3, -0.25) is 25.3 Å². The van der Waals surface area contributed by atoms with E-state index in [1.165, 1.54) is 18.3 Å². The molecule has 0 aliphatic carbocycles. The fourth-order valence-electron chi connectivity index (χ4n) is 2.26. The van der Waals surface area contributed by atoms with E-state index in [9.17, 15) is 14.0 Å². The van der Waals surface area contributed by atoms with Gasteiger partial charge in [0.25, 0.3) is 5.24 Å². The van der Waals surface area contributed by atoms with Crippen LogP contribution in [-0.2, 0) is 11.2 Å². The molecule has 128 valence electrons. The highest BCUT2D eigenvalue weighted by Crippen LogP contribution is 2.23. The Labute approximate surface area is 147 Å². The van der Waals surface area contributed by atoms with Gasteiger partial charge in [-0.05, 0) is 30.2 Å². The minimum absolute atomic E-state index is 0.0365. The first-order valence-corrected chi connectivity index (χ1v) is 8.32. The Kier molecular flexibility index (Phi) is 5.08. The smallest absolute Gasteiger partial charge is 0.286 e. The largest absolute Gasteiger partial charge is 0.487 e. The third-order valence-corrected chi connectivity index (χ3v) is 4.51. The fourth-order valence-corrected chi connectivity index (χ4v) is 3.12. The molecule has 1 fully saturated rings. The number of pyridine rings is 1. The fraction of sp³-hybridized carbons (Fsp3) is 0.176. The lowest BCUT2D eigenvalue weighted by atomic mass is 10.1. The Bertz CT molecular complexity index is 826. The number of ether oxygens (including phenoxy) is 1. The van der Waals surface area contributed by atoms with E-state index in [0.29, 0.717) is 12.2 Å². The quantitative estimate of drug-likeness (QED) is 0.774. The number of hydrogen-bond acceptors (Lipinski definition) is 6. The van der Waals surface area contributed by atoms with Gasteiger partial charge in [0, 0.05) is 12.3 Å². The molecule has 0 radical (unpaired) electrons. The van der Waals surface area contributed by atoms with Crippen LogP contribution in [0.25, 0.3) is 0 Å². The van der Waals surface area contributed by atoms with Gasteiger partial charge in [-0.15, -0.1) is 0 Å². The Balaban J connectivity index is 1.55. The van der Waals surface area contributed by atoms with E-state index >= 15 is 0 Å². The molecule has 1 aromatic carbocycles. The van der Waals surface area contributed by atoms with Crippen molar-refractivity contribution < 1.29 is 18.7 Å². The predicted molar refractivity (Wildman–Crippen MR) is 91.6 cm³/mol. The molecule has 6 nitrogen and oxygen atoms in total. The highest BCUT2D eigenvalue weighted by atomic mass is 32.2. The molecule has 0 spiro atoms. The molecule has 2 amide bonds. The van der Waals surface area contributed by atoms with Crippen molar-refractivity contribution in [3.63, 3.8) is 0 Å². The first-order chi connectivity index (χ1) is 12.0. The number of nitrogens with one attached hydrogen (secondary N) is 2. The van der Waals surface area contributed by atoms with E-state index in [1.54, 1.807) is 24.3 Å². The van der Waals surface area contributed by atoms with Crippen LogP contribution in [0, 0.1) is 11.2 Å². The van der Waals surface area contributed by atoms with Crippen LogP contribution in [0.15, 0.2) is 42.6 Å². The van der Waals surface area contributed by atoms with Crippen LogP contribution < -0.4 is 10.1 Å². The Morgan fingerprint density at radius 2 is 2.04 bits per heavy atom. The number of imide groups is 1. The normalized spacial score (nSPS) is 16.6. The number of benzene rings is 1. The third kappa shape index (κ3) is 4.42. The average molecular weight is 359 g/mol. The Morgan fingerprint density at radius 1 is 1.28 bits per heavy atom. The van der Waals surface area contributed by atoms with Crippen molar-refractivity contribution in [2.24, 2.45) is 0 Å². The van der Waals surface area contributed by atoms with E-state index in [4.69, 9.17) is 10.1 Å². The zero-order valence-corrected chi connectivity index (χ0v) is 13.8. The van der Waals surface area contributed by atoms with Crippen molar-refractivity contribution in [3.8, 4) is 5.75 Å². The molecule has 2 N–H and O–H groups in total. The van der Waals surface area contributed by atoms with Crippen LogP contribution in [0.3, 0.4) is 0 Å². The maximum Gasteiger partial charge on any atom is 0.286 e. The van der Waals surface area contributed by atoms with Crippen LogP contribution in [0.5, 0.6) is 5.75 Å². The summed E-state index contributed by atoms with van der Waals surface area (Å²) in [5.74, 6) is -0.178. The lowest BCUT2D eigenvalue weighted by molar-refractivity contribution is -0.118. The van der Waals surface area contributed by atoms with Gasteiger partial charge in [0.1, 0.15) is 18.2 Å². The Morgan fingerprint density at radius 3 is 2.68 bits per heavy atom. The summed E-state index contributed by atoms with van der Waals surface area (Å²) in [5.41, 5.74) is 1.20. The standard InChI is InChI=1S/C17H14FN3O3S/c18-11-5-6-20-14(8-11)13(19)9-24-12-3-1-10(2-4-12)7-15-16(22)21-17(23)25-15/h1-6,8,15,19H,7,9H2,(H,21,22,23). The zero-order valence-electron chi connectivity index (χ0n) is 13.0. The van der Waals surface area contributed by atoms with Crippen LogP contribution in [-0.4, -0.2) is 33.7 Å². The van der Waals surface area contributed by atoms with Crippen LogP contribution in [0.1, 0.15) is 11.3 Å². The molecular weight excluding hydrogens is 345 g/mol. The minimum atomic E-state index is -0.452. The molecule has 8 heteroatoms. The number of hydrogen-bond donors (Lipinski definition) is 2. The summed E-state index contributed by atoms with van der Waals surface area (Å²) in [6, 6.07) is 9.45. The molecule has 1 saturated heterocycles. The predicted octanol–water partition coefficient (Wildman–Crippen LogP) is 2.56. The number of halogens is 1.